The second-order valence-corrected chi connectivity index (χ2v) is 7.65. The van der Waals surface area contributed by atoms with Crippen molar-refractivity contribution in [3.8, 4) is 0 Å². The van der Waals surface area contributed by atoms with Gasteiger partial charge in [0.15, 0.2) is 0 Å². The van der Waals surface area contributed by atoms with Crippen molar-refractivity contribution in [2.75, 3.05) is 6.54 Å². The van der Waals surface area contributed by atoms with Crippen LogP contribution in [0.1, 0.15) is 54.6 Å². The van der Waals surface area contributed by atoms with Crippen molar-refractivity contribution in [1.82, 2.24) is 10.2 Å². The summed E-state index contributed by atoms with van der Waals surface area (Å²) >= 11 is 0. The van der Waals surface area contributed by atoms with Crippen molar-refractivity contribution >= 4 is 17.9 Å². The number of fused-ring (bicyclic) bond motifs is 1. The number of carbonyl (C=O) groups excluding carboxylic acids is 2. The summed E-state index contributed by atoms with van der Waals surface area (Å²) in [6, 6.07) is 12.8. The molecule has 1 saturated heterocycles. The molecule has 2 aliphatic rings. The van der Waals surface area contributed by atoms with Gasteiger partial charge in [0.05, 0.1) is 6.26 Å². The van der Waals surface area contributed by atoms with Crippen LogP contribution in [0.25, 0.3) is 6.08 Å². The van der Waals surface area contributed by atoms with Crippen LogP contribution in [-0.2, 0) is 4.79 Å². The number of nitrogens with zero attached hydrogens (tertiary/aromatic N) is 1. The first-order valence-electron chi connectivity index (χ1n) is 10.1. The Labute approximate surface area is 165 Å². The zero-order chi connectivity index (χ0) is 19.3. The lowest BCUT2D eigenvalue weighted by Crippen LogP contribution is -2.51. The van der Waals surface area contributed by atoms with Crippen LogP contribution in [0.5, 0.6) is 0 Å². The third-order valence-electron chi connectivity index (χ3n) is 5.85. The largest absolute Gasteiger partial charge is 0.465 e. The first-order valence-corrected chi connectivity index (χ1v) is 10.1. The highest BCUT2D eigenvalue weighted by molar-refractivity contribution is 6.05. The van der Waals surface area contributed by atoms with E-state index >= 15 is 0 Å². The van der Waals surface area contributed by atoms with Gasteiger partial charge in [-0.05, 0) is 55.9 Å². The fourth-order valence-electron chi connectivity index (χ4n) is 4.48. The van der Waals surface area contributed by atoms with Gasteiger partial charge >= 0.3 is 0 Å². The standard InChI is InChI=1S/C23H26N2O3/c26-22(18-9-2-1-3-10-18)24-20(16-19-12-7-15-28-19)23(27)25-14-6-11-17-8-4-5-13-21(17)25/h1-3,7,9-10,12,15-17,21H,4-6,8,11,13-14H2,(H,24,26). The number of carbonyl (C=O) groups is 2. The number of amides is 2. The molecule has 2 fully saturated rings. The maximum atomic E-state index is 13.4. The van der Waals surface area contributed by atoms with Crippen LogP contribution in [0.4, 0.5) is 0 Å². The van der Waals surface area contributed by atoms with Crippen molar-refractivity contribution in [3.63, 3.8) is 0 Å². The molecular formula is C23H26N2O3. The molecule has 1 aliphatic carbocycles. The van der Waals surface area contributed by atoms with E-state index in [0.717, 1.165) is 19.4 Å². The molecule has 2 aromatic rings. The van der Waals surface area contributed by atoms with Crippen molar-refractivity contribution in [1.29, 1.82) is 0 Å². The van der Waals surface area contributed by atoms with Crippen molar-refractivity contribution in [3.05, 3.63) is 65.7 Å². The van der Waals surface area contributed by atoms with Crippen LogP contribution in [0, 0.1) is 5.92 Å². The summed E-state index contributed by atoms with van der Waals surface area (Å²) in [4.78, 5) is 28.1. The average Bonchev–Trinajstić information content (AvgIpc) is 3.26. The van der Waals surface area contributed by atoms with Crippen LogP contribution < -0.4 is 5.32 Å². The van der Waals surface area contributed by atoms with Gasteiger partial charge in [0.25, 0.3) is 11.8 Å². The smallest absolute Gasteiger partial charge is 0.270 e. The van der Waals surface area contributed by atoms with Gasteiger partial charge in [0.2, 0.25) is 0 Å². The number of hydrogen-bond donors (Lipinski definition) is 1. The molecule has 5 heteroatoms. The van der Waals surface area contributed by atoms with Gasteiger partial charge in [0.1, 0.15) is 11.5 Å². The molecule has 0 spiro atoms. The molecule has 1 aromatic carbocycles. The molecule has 4 rings (SSSR count). The Morgan fingerprint density at radius 3 is 2.57 bits per heavy atom. The Balaban J connectivity index is 1.59. The minimum absolute atomic E-state index is 0.114. The molecule has 1 N–H and O–H groups in total. The van der Waals surface area contributed by atoms with Gasteiger partial charge in [-0.2, -0.15) is 0 Å². The lowest BCUT2D eigenvalue weighted by molar-refractivity contribution is -0.133. The van der Waals surface area contributed by atoms with Crippen LogP contribution >= 0.6 is 0 Å². The van der Waals surface area contributed by atoms with Gasteiger partial charge in [-0.15, -0.1) is 0 Å². The monoisotopic (exact) mass is 378 g/mol. The third kappa shape index (κ3) is 4.03. The van der Waals surface area contributed by atoms with E-state index in [0.29, 0.717) is 17.2 Å². The zero-order valence-corrected chi connectivity index (χ0v) is 16.0. The molecule has 0 radical (unpaired) electrons. The number of furan rings is 1. The Hall–Kier alpha value is -2.82. The minimum Gasteiger partial charge on any atom is -0.465 e. The van der Waals surface area contributed by atoms with Crippen molar-refractivity contribution < 1.29 is 14.0 Å². The summed E-state index contributed by atoms with van der Waals surface area (Å²) in [7, 11) is 0. The van der Waals surface area contributed by atoms with Gasteiger partial charge in [-0.25, -0.2) is 0 Å². The fourth-order valence-corrected chi connectivity index (χ4v) is 4.48. The summed E-state index contributed by atoms with van der Waals surface area (Å²) in [5.41, 5.74) is 0.796. The molecule has 2 unspecified atom stereocenters. The first-order chi connectivity index (χ1) is 13.7. The zero-order valence-electron chi connectivity index (χ0n) is 16.0. The molecule has 2 amide bonds. The minimum atomic E-state index is -0.288. The lowest BCUT2D eigenvalue weighted by atomic mass is 9.78. The number of piperidine rings is 1. The fraction of sp³-hybridized carbons (Fsp3) is 0.391. The van der Waals surface area contributed by atoms with Gasteiger partial charge in [-0.3, -0.25) is 9.59 Å². The lowest BCUT2D eigenvalue weighted by Gasteiger charge is -2.44. The Bertz CT molecular complexity index is 840. The highest BCUT2D eigenvalue weighted by Crippen LogP contribution is 2.35. The number of benzene rings is 1. The molecular weight excluding hydrogens is 352 g/mol. The maximum Gasteiger partial charge on any atom is 0.270 e. The number of likely N-dealkylation sites (tertiary alicyclic amines) is 1. The molecule has 1 aliphatic heterocycles. The number of hydrogen-bond acceptors (Lipinski definition) is 3. The SMILES string of the molecule is O=C(NC(=Cc1ccco1)C(=O)N1CCCC2CCCCC21)c1ccccc1. The Morgan fingerprint density at radius 2 is 1.79 bits per heavy atom. The molecule has 1 aromatic heterocycles. The van der Waals surface area contributed by atoms with E-state index in [2.05, 4.69) is 5.32 Å². The van der Waals surface area contributed by atoms with E-state index < -0.39 is 0 Å². The summed E-state index contributed by atoms with van der Waals surface area (Å²) in [6.07, 6.45) is 10.1. The topological polar surface area (TPSA) is 62.6 Å². The highest BCUT2D eigenvalue weighted by atomic mass is 16.3. The molecule has 0 bridgehead atoms. The van der Waals surface area contributed by atoms with E-state index in [1.54, 1.807) is 36.6 Å². The molecule has 5 nitrogen and oxygen atoms in total. The predicted octanol–water partition coefficient (Wildman–Crippen LogP) is 4.23. The maximum absolute atomic E-state index is 13.4. The molecule has 146 valence electrons. The van der Waals surface area contributed by atoms with Gasteiger partial charge in [0, 0.05) is 24.2 Å². The van der Waals surface area contributed by atoms with E-state index in [-0.39, 0.29) is 23.6 Å². The molecule has 2 atom stereocenters. The number of nitrogens with one attached hydrogen (secondary N) is 1. The Morgan fingerprint density at radius 1 is 1.00 bits per heavy atom. The van der Waals surface area contributed by atoms with E-state index in [1.165, 1.54) is 25.7 Å². The second kappa shape index (κ2) is 8.46. The summed E-state index contributed by atoms with van der Waals surface area (Å²) in [5.74, 6) is 0.733. The van der Waals surface area contributed by atoms with Crippen molar-refractivity contribution in [2.24, 2.45) is 5.92 Å². The average molecular weight is 378 g/mol. The number of rotatable bonds is 4. The van der Waals surface area contributed by atoms with E-state index in [4.69, 9.17) is 4.42 Å². The molecule has 1 saturated carbocycles. The quantitative estimate of drug-likeness (QED) is 0.810. The van der Waals surface area contributed by atoms with Crippen LogP contribution in [0.3, 0.4) is 0 Å². The normalized spacial score (nSPS) is 22.4. The van der Waals surface area contributed by atoms with E-state index in [9.17, 15) is 9.59 Å². The summed E-state index contributed by atoms with van der Waals surface area (Å²) in [6.45, 7) is 0.747. The van der Waals surface area contributed by atoms with E-state index in [1.807, 2.05) is 23.1 Å². The highest BCUT2D eigenvalue weighted by Gasteiger charge is 2.37. The van der Waals surface area contributed by atoms with Crippen molar-refractivity contribution in [2.45, 2.75) is 44.6 Å². The third-order valence-corrected chi connectivity index (χ3v) is 5.85. The Kier molecular flexibility index (Phi) is 5.60. The summed E-state index contributed by atoms with van der Waals surface area (Å²) < 4.78 is 5.40. The van der Waals surface area contributed by atoms with Crippen LogP contribution in [0.15, 0.2) is 58.8 Å². The first kappa shape index (κ1) is 18.5. The molecule has 28 heavy (non-hydrogen) atoms. The van der Waals surface area contributed by atoms with Crippen LogP contribution in [0.2, 0.25) is 0 Å². The summed E-state index contributed by atoms with van der Waals surface area (Å²) in [5, 5.41) is 2.84. The van der Waals surface area contributed by atoms with Crippen LogP contribution in [-0.4, -0.2) is 29.3 Å². The van der Waals surface area contributed by atoms with Gasteiger partial charge < -0.3 is 14.6 Å². The van der Waals surface area contributed by atoms with Gasteiger partial charge in [-0.1, -0.05) is 31.0 Å². The second-order valence-electron chi connectivity index (χ2n) is 7.65. The molecule has 2 heterocycles. The predicted molar refractivity (Wildman–Crippen MR) is 107 cm³/mol.